The van der Waals surface area contributed by atoms with Gasteiger partial charge in [0.05, 0.1) is 0 Å². The van der Waals surface area contributed by atoms with E-state index in [1.165, 1.54) is 0 Å². The van der Waals surface area contributed by atoms with Gasteiger partial charge in [-0.1, -0.05) is 15.9 Å². The summed E-state index contributed by atoms with van der Waals surface area (Å²) in [6.45, 7) is 3.01. The molecule has 1 rings (SSSR count). The molecule has 0 aromatic heterocycles. The molecule has 2 N–H and O–H groups in total. The fourth-order valence-electron chi connectivity index (χ4n) is 1.66. The van der Waals surface area contributed by atoms with Gasteiger partial charge >= 0.3 is 0 Å². The molecule has 0 saturated carbocycles. The minimum Gasteiger partial charge on any atom is -0.343 e. The summed E-state index contributed by atoms with van der Waals surface area (Å²) in [4.78, 5) is 25.6. The third-order valence-electron chi connectivity index (χ3n) is 2.90. The minimum atomic E-state index is -0.548. The lowest BCUT2D eigenvalue weighted by Crippen LogP contribution is -2.46. The molecule has 0 spiro atoms. The van der Waals surface area contributed by atoms with Crippen LogP contribution >= 0.6 is 28.3 Å². The van der Waals surface area contributed by atoms with Crippen LogP contribution in [-0.4, -0.2) is 49.9 Å². The molecule has 1 aromatic rings. The van der Waals surface area contributed by atoms with Gasteiger partial charge in [-0.3, -0.25) is 9.59 Å². The van der Waals surface area contributed by atoms with E-state index in [1.807, 2.05) is 7.05 Å². The average Bonchev–Trinajstić information content (AvgIpc) is 2.44. The highest BCUT2D eigenvalue weighted by atomic mass is 79.9. The van der Waals surface area contributed by atoms with E-state index in [9.17, 15) is 9.59 Å². The summed E-state index contributed by atoms with van der Waals surface area (Å²) >= 11 is 3.31. The summed E-state index contributed by atoms with van der Waals surface area (Å²) < 4.78 is 0.907. The first-order valence-corrected chi connectivity index (χ1v) is 7.21. The molecule has 21 heavy (non-hydrogen) atoms. The molecule has 0 bridgehead atoms. The van der Waals surface area contributed by atoms with Crippen LogP contribution in [0.2, 0.25) is 0 Å². The molecule has 0 heterocycles. The Morgan fingerprint density at radius 2 is 1.86 bits per heavy atom. The quantitative estimate of drug-likeness (QED) is 0.791. The van der Waals surface area contributed by atoms with Crippen LogP contribution in [0.4, 0.5) is 0 Å². The summed E-state index contributed by atoms with van der Waals surface area (Å²) in [6, 6.07) is 6.46. The minimum absolute atomic E-state index is 0. The van der Waals surface area contributed by atoms with E-state index in [2.05, 4.69) is 26.6 Å². The second-order valence-electron chi connectivity index (χ2n) is 4.57. The van der Waals surface area contributed by atoms with Crippen molar-refractivity contribution in [3.05, 3.63) is 34.3 Å². The molecule has 0 aliphatic heterocycles. The van der Waals surface area contributed by atoms with Crippen LogP contribution in [0.5, 0.6) is 0 Å². The fourth-order valence-corrected chi connectivity index (χ4v) is 1.93. The molecular formula is C14H21BrClN3O2. The Labute approximate surface area is 140 Å². The third-order valence-corrected chi connectivity index (χ3v) is 3.43. The van der Waals surface area contributed by atoms with Crippen molar-refractivity contribution < 1.29 is 9.59 Å². The van der Waals surface area contributed by atoms with Crippen molar-refractivity contribution >= 4 is 40.2 Å². The van der Waals surface area contributed by atoms with E-state index in [-0.39, 0.29) is 24.2 Å². The van der Waals surface area contributed by atoms with E-state index in [0.717, 1.165) is 11.0 Å². The highest BCUT2D eigenvalue weighted by Crippen LogP contribution is 2.10. The highest BCUT2D eigenvalue weighted by Gasteiger charge is 2.19. The molecular weight excluding hydrogens is 358 g/mol. The summed E-state index contributed by atoms with van der Waals surface area (Å²) in [6.07, 6.45) is 0. The van der Waals surface area contributed by atoms with Gasteiger partial charge in [0, 0.05) is 30.2 Å². The lowest BCUT2D eigenvalue weighted by Gasteiger charge is -2.22. The first kappa shape index (κ1) is 19.9. The lowest BCUT2D eigenvalue weighted by atomic mass is 10.2. The van der Waals surface area contributed by atoms with Gasteiger partial charge in [-0.25, -0.2) is 0 Å². The number of likely N-dealkylation sites (N-methyl/N-ethyl adjacent to an activating group) is 2. The van der Waals surface area contributed by atoms with E-state index in [0.29, 0.717) is 12.1 Å². The van der Waals surface area contributed by atoms with Gasteiger partial charge < -0.3 is 15.5 Å². The number of amides is 2. The van der Waals surface area contributed by atoms with Crippen LogP contribution in [0.3, 0.4) is 0 Å². The second kappa shape index (κ2) is 9.76. The average molecular weight is 379 g/mol. The zero-order valence-corrected chi connectivity index (χ0v) is 14.8. The molecule has 2 amide bonds. The number of nitrogens with zero attached hydrogens (tertiary/aromatic N) is 1. The number of nitrogens with one attached hydrogen (secondary N) is 2. The largest absolute Gasteiger partial charge is 0.343 e. The van der Waals surface area contributed by atoms with E-state index >= 15 is 0 Å². The number of hydrogen-bond donors (Lipinski definition) is 2. The summed E-state index contributed by atoms with van der Waals surface area (Å²) in [7, 11) is 3.55. The van der Waals surface area contributed by atoms with Crippen LogP contribution < -0.4 is 10.6 Å². The van der Waals surface area contributed by atoms with Crippen molar-refractivity contribution in [2.24, 2.45) is 0 Å². The predicted octanol–water partition coefficient (Wildman–Crippen LogP) is 1.67. The van der Waals surface area contributed by atoms with E-state index < -0.39 is 6.04 Å². The summed E-state index contributed by atoms with van der Waals surface area (Å²) in [5, 5.41) is 5.69. The van der Waals surface area contributed by atoms with Crippen molar-refractivity contribution in [1.82, 2.24) is 15.5 Å². The van der Waals surface area contributed by atoms with Crippen LogP contribution in [-0.2, 0) is 4.79 Å². The lowest BCUT2D eigenvalue weighted by molar-refractivity contribution is -0.131. The monoisotopic (exact) mass is 377 g/mol. The molecule has 0 radical (unpaired) electrons. The standard InChI is InChI=1S/C14H20BrN3O2.ClH/c1-10(14(20)18(3)9-8-16-2)17-13(19)11-4-6-12(15)7-5-11;/h4-7,10,16H,8-9H2,1-3H3,(H,17,19);1H. The number of carbonyl (C=O) groups excluding carboxylic acids is 2. The van der Waals surface area contributed by atoms with Gasteiger partial charge in [0.25, 0.3) is 5.91 Å². The Bertz CT molecular complexity index is 468. The molecule has 0 aliphatic carbocycles. The van der Waals surface area contributed by atoms with Crippen molar-refractivity contribution in [2.75, 3.05) is 27.2 Å². The molecule has 7 heteroatoms. The van der Waals surface area contributed by atoms with Gasteiger partial charge in [-0.05, 0) is 38.2 Å². The Hall–Kier alpha value is -1.11. The maximum Gasteiger partial charge on any atom is 0.251 e. The molecule has 1 unspecified atom stereocenters. The molecule has 5 nitrogen and oxygen atoms in total. The zero-order chi connectivity index (χ0) is 15.1. The normalized spacial score (nSPS) is 11.2. The maximum atomic E-state index is 12.0. The Balaban J connectivity index is 0.00000400. The Morgan fingerprint density at radius 3 is 2.38 bits per heavy atom. The highest BCUT2D eigenvalue weighted by molar-refractivity contribution is 9.10. The molecule has 0 aliphatic rings. The van der Waals surface area contributed by atoms with Gasteiger partial charge in [0.1, 0.15) is 6.04 Å². The second-order valence-corrected chi connectivity index (χ2v) is 5.48. The SMILES string of the molecule is CNCCN(C)C(=O)C(C)NC(=O)c1ccc(Br)cc1.Cl. The third kappa shape index (κ3) is 6.46. The van der Waals surface area contributed by atoms with Gasteiger partial charge in [-0.2, -0.15) is 0 Å². The molecule has 118 valence electrons. The number of hydrogen-bond acceptors (Lipinski definition) is 3. The topological polar surface area (TPSA) is 61.4 Å². The first-order chi connectivity index (χ1) is 9.45. The van der Waals surface area contributed by atoms with Crippen molar-refractivity contribution in [1.29, 1.82) is 0 Å². The summed E-state index contributed by atoms with van der Waals surface area (Å²) in [5.74, 6) is -0.355. The predicted molar refractivity (Wildman–Crippen MR) is 89.9 cm³/mol. The van der Waals surface area contributed by atoms with Crippen LogP contribution in [0.25, 0.3) is 0 Å². The Kier molecular flexibility index (Phi) is 9.24. The van der Waals surface area contributed by atoms with Crippen molar-refractivity contribution in [3.8, 4) is 0 Å². The zero-order valence-electron chi connectivity index (χ0n) is 12.4. The van der Waals surface area contributed by atoms with Gasteiger partial charge in [-0.15, -0.1) is 12.4 Å². The number of benzene rings is 1. The van der Waals surface area contributed by atoms with Crippen LogP contribution in [0.15, 0.2) is 28.7 Å². The smallest absolute Gasteiger partial charge is 0.251 e. The fraction of sp³-hybridized carbons (Fsp3) is 0.429. The molecule has 0 fully saturated rings. The van der Waals surface area contributed by atoms with Gasteiger partial charge in [0.2, 0.25) is 5.91 Å². The number of halogens is 2. The van der Waals surface area contributed by atoms with Crippen LogP contribution in [0, 0.1) is 0 Å². The Morgan fingerprint density at radius 1 is 1.29 bits per heavy atom. The van der Waals surface area contributed by atoms with Crippen molar-refractivity contribution in [3.63, 3.8) is 0 Å². The van der Waals surface area contributed by atoms with E-state index in [1.54, 1.807) is 43.1 Å². The summed E-state index contributed by atoms with van der Waals surface area (Å²) in [5.41, 5.74) is 0.533. The van der Waals surface area contributed by atoms with Crippen molar-refractivity contribution in [2.45, 2.75) is 13.0 Å². The first-order valence-electron chi connectivity index (χ1n) is 6.41. The number of rotatable bonds is 6. The molecule has 0 saturated heterocycles. The van der Waals surface area contributed by atoms with E-state index in [4.69, 9.17) is 0 Å². The maximum absolute atomic E-state index is 12.0. The van der Waals surface area contributed by atoms with Crippen LogP contribution in [0.1, 0.15) is 17.3 Å². The molecule has 1 aromatic carbocycles. The number of carbonyl (C=O) groups is 2. The molecule has 1 atom stereocenters. The van der Waals surface area contributed by atoms with Gasteiger partial charge in [0.15, 0.2) is 0 Å².